The van der Waals surface area contributed by atoms with Crippen LogP contribution in [0.5, 0.6) is 0 Å². The Hall–Kier alpha value is -3.41. The van der Waals surface area contributed by atoms with E-state index in [-0.39, 0.29) is 5.56 Å². The highest BCUT2D eigenvalue weighted by Gasteiger charge is 2.09. The van der Waals surface area contributed by atoms with Crippen molar-refractivity contribution >= 4 is 17.0 Å². The number of carboxylic acids is 1. The standard InChI is InChI=1S/C17H12N4O2/c22-17(23)11-1-3-13(4-2-11)21-10-12(9-20-21)14-5-7-18-16-15(14)6-8-19-16/h1-10H,(H,18,19)(H,22,23). The maximum absolute atomic E-state index is 10.9. The fourth-order valence-electron chi connectivity index (χ4n) is 2.57. The van der Waals surface area contributed by atoms with Crippen LogP contribution in [0.1, 0.15) is 10.4 Å². The number of carbonyl (C=O) groups is 1. The number of nitrogens with one attached hydrogen (secondary N) is 1. The van der Waals surface area contributed by atoms with Gasteiger partial charge in [-0.15, -0.1) is 0 Å². The van der Waals surface area contributed by atoms with E-state index in [1.807, 2.05) is 24.5 Å². The first-order valence-electron chi connectivity index (χ1n) is 7.03. The van der Waals surface area contributed by atoms with Crippen LogP contribution >= 0.6 is 0 Å². The van der Waals surface area contributed by atoms with Gasteiger partial charge >= 0.3 is 5.97 Å². The number of aromatic nitrogens is 4. The summed E-state index contributed by atoms with van der Waals surface area (Å²) < 4.78 is 1.72. The van der Waals surface area contributed by atoms with Gasteiger partial charge in [0.25, 0.3) is 0 Å². The van der Waals surface area contributed by atoms with Crippen molar-refractivity contribution in [3.63, 3.8) is 0 Å². The third-order valence-corrected chi connectivity index (χ3v) is 3.73. The molecule has 4 aromatic rings. The van der Waals surface area contributed by atoms with E-state index < -0.39 is 5.97 Å². The highest BCUT2D eigenvalue weighted by atomic mass is 16.4. The second-order valence-electron chi connectivity index (χ2n) is 5.12. The van der Waals surface area contributed by atoms with E-state index in [0.29, 0.717) is 0 Å². The lowest BCUT2D eigenvalue weighted by Gasteiger charge is -2.02. The zero-order chi connectivity index (χ0) is 15.8. The van der Waals surface area contributed by atoms with Gasteiger partial charge in [-0.25, -0.2) is 14.5 Å². The number of rotatable bonds is 3. The first-order valence-corrected chi connectivity index (χ1v) is 7.03. The molecule has 1 aromatic carbocycles. The topological polar surface area (TPSA) is 83.8 Å². The molecule has 0 saturated heterocycles. The summed E-state index contributed by atoms with van der Waals surface area (Å²) in [6.45, 7) is 0. The smallest absolute Gasteiger partial charge is 0.335 e. The Kier molecular flexibility index (Phi) is 2.94. The average molecular weight is 304 g/mol. The quantitative estimate of drug-likeness (QED) is 0.609. The Morgan fingerprint density at radius 2 is 1.96 bits per heavy atom. The monoisotopic (exact) mass is 304 g/mol. The van der Waals surface area contributed by atoms with Crippen LogP contribution in [-0.2, 0) is 0 Å². The lowest BCUT2D eigenvalue weighted by Crippen LogP contribution is -1.98. The van der Waals surface area contributed by atoms with Gasteiger partial charge in [0.2, 0.25) is 0 Å². The van der Waals surface area contributed by atoms with Crippen molar-refractivity contribution in [2.45, 2.75) is 0 Å². The van der Waals surface area contributed by atoms with Gasteiger partial charge < -0.3 is 10.1 Å². The third kappa shape index (κ3) is 2.26. The van der Waals surface area contributed by atoms with Crippen LogP contribution in [0.2, 0.25) is 0 Å². The first-order chi connectivity index (χ1) is 11.2. The Morgan fingerprint density at radius 1 is 1.13 bits per heavy atom. The molecule has 0 radical (unpaired) electrons. The SMILES string of the molecule is O=C(O)c1ccc(-n2cc(-c3ccnc4[nH]ccc34)cn2)cc1. The molecule has 6 nitrogen and oxygen atoms in total. The molecule has 6 heteroatoms. The van der Waals surface area contributed by atoms with Crippen molar-refractivity contribution in [2.24, 2.45) is 0 Å². The van der Waals surface area contributed by atoms with E-state index in [1.165, 1.54) is 0 Å². The second-order valence-corrected chi connectivity index (χ2v) is 5.12. The van der Waals surface area contributed by atoms with E-state index in [2.05, 4.69) is 15.1 Å². The zero-order valence-electron chi connectivity index (χ0n) is 12.0. The molecule has 0 saturated carbocycles. The largest absolute Gasteiger partial charge is 0.478 e. The van der Waals surface area contributed by atoms with Gasteiger partial charge in [-0.1, -0.05) is 0 Å². The molecule has 0 aliphatic heterocycles. The number of pyridine rings is 1. The molecule has 3 heterocycles. The van der Waals surface area contributed by atoms with Crippen molar-refractivity contribution in [2.75, 3.05) is 0 Å². The van der Waals surface area contributed by atoms with Gasteiger partial charge in [-0.2, -0.15) is 5.10 Å². The number of fused-ring (bicyclic) bond motifs is 1. The molecule has 0 atom stereocenters. The second kappa shape index (κ2) is 5.10. The summed E-state index contributed by atoms with van der Waals surface area (Å²) in [7, 11) is 0. The first kappa shape index (κ1) is 13.3. The van der Waals surface area contributed by atoms with Crippen molar-refractivity contribution < 1.29 is 9.90 Å². The Balaban J connectivity index is 1.74. The van der Waals surface area contributed by atoms with Gasteiger partial charge in [-0.3, -0.25) is 0 Å². The summed E-state index contributed by atoms with van der Waals surface area (Å²) in [4.78, 5) is 18.3. The maximum Gasteiger partial charge on any atom is 0.335 e. The molecule has 3 aromatic heterocycles. The van der Waals surface area contributed by atoms with Crippen LogP contribution < -0.4 is 0 Å². The number of hydrogen-bond acceptors (Lipinski definition) is 3. The van der Waals surface area contributed by atoms with E-state index in [1.54, 1.807) is 41.3 Å². The molecular weight excluding hydrogens is 292 g/mol. The van der Waals surface area contributed by atoms with Crippen molar-refractivity contribution in [3.05, 3.63) is 66.7 Å². The van der Waals surface area contributed by atoms with Gasteiger partial charge in [0.05, 0.1) is 17.4 Å². The molecule has 0 amide bonds. The predicted octanol–water partition coefficient (Wildman–Crippen LogP) is 3.11. The molecule has 0 fully saturated rings. The highest BCUT2D eigenvalue weighted by Crippen LogP contribution is 2.27. The van der Waals surface area contributed by atoms with Crippen LogP contribution in [0.25, 0.3) is 27.8 Å². The van der Waals surface area contributed by atoms with Crippen molar-refractivity contribution in [1.29, 1.82) is 0 Å². The Bertz CT molecular complexity index is 999. The van der Waals surface area contributed by atoms with Gasteiger partial charge in [0.1, 0.15) is 5.65 Å². The molecule has 112 valence electrons. The normalized spacial score (nSPS) is 11.0. The molecule has 0 bridgehead atoms. The van der Waals surface area contributed by atoms with Gasteiger partial charge in [0.15, 0.2) is 0 Å². The van der Waals surface area contributed by atoms with E-state index >= 15 is 0 Å². The van der Waals surface area contributed by atoms with Gasteiger partial charge in [0, 0.05) is 29.5 Å². The fraction of sp³-hybridized carbons (Fsp3) is 0. The van der Waals surface area contributed by atoms with Crippen LogP contribution in [0.3, 0.4) is 0 Å². The van der Waals surface area contributed by atoms with Crippen LogP contribution in [0.4, 0.5) is 0 Å². The predicted molar refractivity (Wildman–Crippen MR) is 85.6 cm³/mol. The average Bonchev–Trinajstić information content (AvgIpc) is 3.24. The molecule has 0 spiro atoms. The molecule has 0 aliphatic rings. The van der Waals surface area contributed by atoms with Crippen molar-refractivity contribution in [1.82, 2.24) is 19.7 Å². The van der Waals surface area contributed by atoms with Crippen LogP contribution in [0, 0.1) is 0 Å². The van der Waals surface area contributed by atoms with E-state index in [9.17, 15) is 4.79 Å². The minimum atomic E-state index is -0.940. The number of H-pyrrole nitrogens is 1. The highest BCUT2D eigenvalue weighted by molar-refractivity contribution is 5.92. The number of nitrogens with zero attached hydrogens (tertiary/aromatic N) is 3. The number of hydrogen-bond donors (Lipinski definition) is 2. The number of carboxylic acid groups (broad SMARTS) is 1. The molecule has 23 heavy (non-hydrogen) atoms. The minimum Gasteiger partial charge on any atom is -0.478 e. The summed E-state index contributed by atoms with van der Waals surface area (Å²) in [5.41, 5.74) is 3.91. The number of benzene rings is 1. The summed E-state index contributed by atoms with van der Waals surface area (Å²) in [5, 5.41) is 14.4. The summed E-state index contributed by atoms with van der Waals surface area (Å²) >= 11 is 0. The maximum atomic E-state index is 10.9. The van der Waals surface area contributed by atoms with Crippen molar-refractivity contribution in [3.8, 4) is 16.8 Å². The van der Waals surface area contributed by atoms with Crippen LogP contribution in [0.15, 0.2) is 61.2 Å². The van der Waals surface area contributed by atoms with Gasteiger partial charge in [-0.05, 0) is 42.0 Å². The molecule has 0 unspecified atom stereocenters. The fourth-order valence-corrected chi connectivity index (χ4v) is 2.57. The summed E-state index contributed by atoms with van der Waals surface area (Å²) in [6.07, 6.45) is 7.31. The molecule has 0 aliphatic carbocycles. The Morgan fingerprint density at radius 3 is 2.74 bits per heavy atom. The zero-order valence-corrected chi connectivity index (χ0v) is 12.0. The number of aromatic carboxylic acids is 1. The Labute approximate surface area is 131 Å². The number of aromatic amines is 1. The minimum absolute atomic E-state index is 0.254. The third-order valence-electron chi connectivity index (χ3n) is 3.73. The summed E-state index contributed by atoms with van der Waals surface area (Å²) in [5.74, 6) is -0.940. The molecule has 2 N–H and O–H groups in total. The lowest BCUT2D eigenvalue weighted by molar-refractivity contribution is 0.0697. The summed E-state index contributed by atoms with van der Waals surface area (Å²) in [6, 6.07) is 10.5. The lowest BCUT2D eigenvalue weighted by atomic mass is 10.1. The molecule has 4 rings (SSSR count). The molecular formula is C17H12N4O2. The van der Waals surface area contributed by atoms with E-state index in [4.69, 9.17) is 5.11 Å². The van der Waals surface area contributed by atoms with E-state index in [0.717, 1.165) is 27.8 Å². The van der Waals surface area contributed by atoms with Crippen LogP contribution in [-0.4, -0.2) is 30.8 Å².